The smallest absolute Gasteiger partial charge is 0.209 e. The molecule has 1 aromatic heterocycles. The summed E-state index contributed by atoms with van der Waals surface area (Å²) >= 11 is 0. The molecule has 148 valence electrons. The van der Waals surface area contributed by atoms with Crippen molar-refractivity contribution in [2.45, 2.75) is 12.6 Å². The Morgan fingerprint density at radius 2 is 2.04 bits per heavy atom. The number of aromatic nitrogens is 1. The lowest BCUT2D eigenvalue weighted by atomic mass is 9.93. The molecule has 2 atom stereocenters. The summed E-state index contributed by atoms with van der Waals surface area (Å²) < 4.78 is 16.8. The first-order chi connectivity index (χ1) is 13.7. The second-order valence-electron chi connectivity index (χ2n) is 7.14. The van der Waals surface area contributed by atoms with Crippen LogP contribution in [0.25, 0.3) is 11.1 Å². The average molecular weight is 382 g/mol. The second kappa shape index (κ2) is 8.18. The number of oxazole rings is 1. The fourth-order valence-electron chi connectivity index (χ4n) is 3.80. The van der Waals surface area contributed by atoms with Crippen molar-refractivity contribution in [1.82, 2.24) is 20.7 Å². The molecule has 0 bridgehead atoms. The SMILES string of the molecule is COc1ccc(C2NNCC2CN(C)Cc2nc3ccccc3o2)c(OC)c1. The van der Waals surface area contributed by atoms with E-state index < -0.39 is 0 Å². The van der Waals surface area contributed by atoms with Gasteiger partial charge in [-0.2, -0.15) is 0 Å². The standard InChI is InChI=1S/C21H26N4O3/c1-25(13-20-23-17-6-4-5-7-18(17)28-20)12-14-11-22-24-21(14)16-9-8-15(26-2)10-19(16)27-3/h4-10,14,21-22,24H,11-13H2,1-3H3. The van der Waals surface area contributed by atoms with Crippen molar-refractivity contribution < 1.29 is 13.9 Å². The highest BCUT2D eigenvalue weighted by atomic mass is 16.5. The van der Waals surface area contributed by atoms with Crippen LogP contribution in [0.5, 0.6) is 11.5 Å². The number of ether oxygens (including phenoxy) is 2. The summed E-state index contributed by atoms with van der Waals surface area (Å²) in [4.78, 5) is 6.82. The van der Waals surface area contributed by atoms with E-state index in [1.54, 1.807) is 14.2 Å². The van der Waals surface area contributed by atoms with Gasteiger partial charge in [0.2, 0.25) is 5.89 Å². The van der Waals surface area contributed by atoms with Gasteiger partial charge < -0.3 is 13.9 Å². The van der Waals surface area contributed by atoms with E-state index in [1.165, 1.54) is 0 Å². The van der Waals surface area contributed by atoms with Gasteiger partial charge in [-0.25, -0.2) is 10.4 Å². The van der Waals surface area contributed by atoms with Gasteiger partial charge in [0.25, 0.3) is 0 Å². The summed E-state index contributed by atoms with van der Waals surface area (Å²) in [5, 5.41) is 0. The van der Waals surface area contributed by atoms with Crippen LogP contribution in [0.2, 0.25) is 0 Å². The molecule has 28 heavy (non-hydrogen) atoms. The quantitative estimate of drug-likeness (QED) is 0.651. The van der Waals surface area contributed by atoms with Gasteiger partial charge in [0.1, 0.15) is 17.0 Å². The van der Waals surface area contributed by atoms with Crippen LogP contribution in [0.15, 0.2) is 46.9 Å². The van der Waals surface area contributed by atoms with E-state index in [0.29, 0.717) is 12.5 Å². The molecule has 0 radical (unpaired) electrons. The third-order valence-electron chi connectivity index (χ3n) is 5.16. The highest BCUT2D eigenvalue weighted by Crippen LogP contribution is 2.35. The second-order valence-corrected chi connectivity index (χ2v) is 7.14. The Morgan fingerprint density at radius 1 is 1.18 bits per heavy atom. The van der Waals surface area contributed by atoms with E-state index in [1.807, 2.05) is 36.4 Å². The minimum Gasteiger partial charge on any atom is -0.497 e. The van der Waals surface area contributed by atoms with Gasteiger partial charge in [0, 0.05) is 30.6 Å². The van der Waals surface area contributed by atoms with Crippen LogP contribution in [-0.2, 0) is 6.54 Å². The number of rotatable bonds is 7. The Bertz CT molecular complexity index is 909. The molecular formula is C21H26N4O3. The number of nitrogens with zero attached hydrogens (tertiary/aromatic N) is 2. The van der Waals surface area contributed by atoms with Crippen molar-refractivity contribution in [3.05, 3.63) is 53.9 Å². The summed E-state index contributed by atoms with van der Waals surface area (Å²) in [5.41, 5.74) is 9.53. The number of para-hydroxylation sites is 2. The zero-order valence-electron chi connectivity index (χ0n) is 16.4. The van der Waals surface area contributed by atoms with Gasteiger partial charge in [0.05, 0.1) is 26.8 Å². The molecule has 1 saturated heterocycles. The van der Waals surface area contributed by atoms with Crippen molar-refractivity contribution in [2.24, 2.45) is 5.92 Å². The molecule has 2 aromatic carbocycles. The zero-order valence-corrected chi connectivity index (χ0v) is 16.4. The normalized spacial score (nSPS) is 19.4. The molecule has 1 aliphatic heterocycles. The van der Waals surface area contributed by atoms with Crippen LogP contribution < -0.4 is 20.3 Å². The number of hydrogen-bond acceptors (Lipinski definition) is 7. The maximum atomic E-state index is 5.86. The molecule has 2 unspecified atom stereocenters. The molecular weight excluding hydrogens is 356 g/mol. The van der Waals surface area contributed by atoms with Crippen LogP contribution >= 0.6 is 0 Å². The predicted molar refractivity (Wildman–Crippen MR) is 107 cm³/mol. The minimum atomic E-state index is 0.145. The number of nitrogens with one attached hydrogen (secondary N) is 2. The molecule has 4 rings (SSSR count). The summed E-state index contributed by atoms with van der Waals surface area (Å²) in [6.07, 6.45) is 0. The summed E-state index contributed by atoms with van der Waals surface area (Å²) in [5.74, 6) is 2.72. The van der Waals surface area contributed by atoms with Gasteiger partial charge in [0.15, 0.2) is 5.58 Å². The van der Waals surface area contributed by atoms with E-state index in [4.69, 9.17) is 13.9 Å². The van der Waals surface area contributed by atoms with Crippen molar-refractivity contribution in [1.29, 1.82) is 0 Å². The number of benzene rings is 2. The molecule has 7 nitrogen and oxygen atoms in total. The van der Waals surface area contributed by atoms with Gasteiger partial charge in [-0.1, -0.05) is 18.2 Å². The lowest BCUT2D eigenvalue weighted by Gasteiger charge is -2.25. The number of methoxy groups -OCH3 is 2. The van der Waals surface area contributed by atoms with Crippen LogP contribution in [0.1, 0.15) is 17.5 Å². The summed E-state index contributed by atoms with van der Waals surface area (Å²) in [7, 11) is 5.44. The van der Waals surface area contributed by atoms with Gasteiger partial charge in [-0.15, -0.1) is 0 Å². The maximum absolute atomic E-state index is 5.86. The van der Waals surface area contributed by atoms with Crippen molar-refractivity contribution >= 4 is 11.1 Å². The Balaban J connectivity index is 1.46. The largest absolute Gasteiger partial charge is 0.497 e. The van der Waals surface area contributed by atoms with Gasteiger partial charge in [-0.3, -0.25) is 10.3 Å². The summed E-state index contributed by atoms with van der Waals surface area (Å²) in [6, 6.07) is 14.0. The first-order valence-electron chi connectivity index (χ1n) is 9.41. The molecule has 3 aromatic rings. The highest BCUT2D eigenvalue weighted by Gasteiger charge is 2.31. The summed E-state index contributed by atoms with van der Waals surface area (Å²) in [6.45, 7) is 2.42. The molecule has 0 saturated carbocycles. The first kappa shape index (κ1) is 18.7. The molecule has 0 spiro atoms. The van der Waals surface area contributed by atoms with Crippen molar-refractivity contribution in [2.75, 3.05) is 34.4 Å². The number of fused-ring (bicyclic) bond motifs is 1. The zero-order chi connectivity index (χ0) is 19.5. The minimum absolute atomic E-state index is 0.145. The van der Waals surface area contributed by atoms with E-state index in [-0.39, 0.29) is 6.04 Å². The van der Waals surface area contributed by atoms with E-state index >= 15 is 0 Å². The maximum Gasteiger partial charge on any atom is 0.209 e. The van der Waals surface area contributed by atoms with Crippen molar-refractivity contribution in [3.63, 3.8) is 0 Å². The highest BCUT2D eigenvalue weighted by molar-refractivity contribution is 5.72. The molecule has 7 heteroatoms. The Hall–Kier alpha value is -2.61. The Morgan fingerprint density at radius 3 is 2.82 bits per heavy atom. The topological polar surface area (TPSA) is 71.8 Å². The van der Waals surface area contributed by atoms with Crippen LogP contribution in [0.3, 0.4) is 0 Å². The Labute approximate surface area is 164 Å². The molecule has 0 aliphatic carbocycles. The van der Waals surface area contributed by atoms with Crippen LogP contribution in [0, 0.1) is 5.92 Å². The number of hydrazine groups is 1. The molecule has 2 N–H and O–H groups in total. The van der Waals surface area contributed by atoms with Gasteiger partial charge >= 0.3 is 0 Å². The van der Waals surface area contributed by atoms with E-state index in [2.05, 4.69) is 33.8 Å². The molecule has 1 aliphatic rings. The fourth-order valence-corrected chi connectivity index (χ4v) is 3.80. The third-order valence-corrected chi connectivity index (χ3v) is 5.16. The predicted octanol–water partition coefficient (Wildman–Crippen LogP) is 2.74. The third kappa shape index (κ3) is 3.82. The van der Waals surface area contributed by atoms with Crippen molar-refractivity contribution in [3.8, 4) is 11.5 Å². The lowest BCUT2D eigenvalue weighted by Crippen LogP contribution is -2.30. The van der Waals surface area contributed by atoms with Crippen LogP contribution in [-0.4, -0.2) is 44.2 Å². The number of hydrogen-bond donors (Lipinski definition) is 2. The monoisotopic (exact) mass is 382 g/mol. The van der Waals surface area contributed by atoms with E-state index in [9.17, 15) is 0 Å². The first-order valence-corrected chi connectivity index (χ1v) is 9.41. The van der Waals surface area contributed by atoms with Crippen LogP contribution in [0.4, 0.5) is 0 Å². The average Bonchev–Trinajstić information content (AvgIpc) is 3.33. The van der Waals surface area contributed by atoms with E-state index in [0.717, 1.165) is 47.1 Å². The van der Waals surface area contributed by atoms with Gasteiger partial charge in [-0.05, 0) is 25.2 Å². The Kier molecular flexibility index (Phi) is 5.47. The molecule has 2 heterocycles. The lowest BCUT2D eigenvalue weighted by molar-refractivity contribution is 0.241. The molecule has 1 fully saturated rings. The fraction of sp³-hybridized carbons (Fsp3) is 0.381. The molecule has 0 amide bonds.